The molecular formula is C15H19N3O. The van der Waals surface area contributed by atoms with Crippen LogP contribution in [0, 0.1) is 17.2 Å². The van der Waals surface area contributed by atoms with E-state index in [0.29, 0.717) is 17.9 Å². The summed E-state index contributed by atoms with van der Waals surface area (Å²) < 4.78 is 0. The minimum Gasteiger partial charge on any atom is -0.326 e. The van der Waals surface area contributed by atoms with Gasteiger partial charge in [0.15, 0.2) is 0 Å². The maximum absolute atomic E-state index is 11.9. The zero-order chi connectivity index (χ0) is 13.7. The van der Waals surface area contributed by atoms with Gasteiger partial charge in [-0.15, -0.1) is 0 Å². The second-order valence-electron chi connectivity index (χ2n) is 5.21. The summed E-state index contributed by atoms with van der Waals surface area (Å²) in [6.45, 7) is 2.13. The first-order chi connectivity index (χ1) is 9.17. The molecule has 0 saturated carbocycles. The van der Waals surface area contributed by atoms with Gasteiger partial charge in [0.2, 0.25) is 5.91 Å². The zero-order valence-electron chi connectivity index (χ0n) is 11.2. The summed E-state index contributed by atoms with van der Waals surface area (Å²) in [7, 11) is 2.10. The van der Waals surface area contributed by atoms with Gasteiger partial charge in [0, 0.05) is 18.7 Å². The van der Waals surface area contributed by atoms with Crippen LogP contribution in [0.5, 0.6) is 0 Å². The molecule has 1 unspecified atom stereocenters. The summed E-state index contributed by atoms with van der Waals surface area (Å²) in [5.41, 5.74) is 1.36. The Labute approximate surface area is 114 Å². The third kappa shape index (κ3) is 4.08. The van der Waals surface area contributed by atoms with Crippen LogP contribution in [0.3, 0.4) is 0 Å². The number of nitriles is 1. The van der Waals surface area contributed by atoms with Crippen molar-refractivity contribution in [3.05, 3.63) is 29.8 Å². The van der Waals surface area contributed by atoms with E-state index < -0.39 is 0 Å². The summed E-state index contributed by atoms with van der Waals surface area (Å²) in [4.78, 5) is 14.2. The lowest BCUT2D eigenvalue weighted by atomic mass is 9.95. The van der Waals surface area contributed by atoms with Crippen LogP contribution in [0.25, 0.3) is 0 Å². The van der Waals surface area contributed by atoms with Crippen LogP contribution in [-0.2, 0) is 4.79 Å². The molecule has 4 heteroatoms. The summed E-state index contributed by atoms with van der Waals surface area (Å²) in [6.07, 6.45) is 2.88. The highest BCUT2D eigenvalue weighted by molar-refractivity contribution is 5.90. The van der Waals surface area contributed by atoms with Gasteiger partial charge in [-0.1, -0.05) is 0 Å². The molecule has 100 valence electrons. The van der Waals surface area contributed by atoms with Gasteiger partial charge in [0.05, 0.1) is 11.6 Å². The highest BCUT2D eigenvalue weighted by Gasteiger charge is 2.19. The molecule has 1 aliphatic rings. The molecule has 0 aliphatic carbocycles. The first-order valence-corrected chi connectivity index (χ1v) is 6.66. The van der Waals surface area contributed by atoms with Crippen LogP contribution in [-0.4, -0.2) is 30.9 Å². The highest BCUT2D eigenvalue weighted by Crippen LogP contribution is 2.19. The molecule has 1 N–H and O–H groups in total. The van der Waals surface area contributed by atoms with E-state index in [-0.39, 0.29) is 5.91 Å². The van der Waals surface area contributed by atoms with Crippen LogP contribution >= 0.6 is 0 Å². The minimum atomic E-state index is 0.0602. The largest absolute Gasteiger partial charge is 0.326 e. The fraction of sp³-hybridized carbons (Fsp3) is 0.467. The van der Waals surface area contributed by atoms with Crippen LogP contribution in [0.2, 0.25) is 0 Å². The third-order valence-electron chi connectivity index (χ3n) is 3.49. The molecule has 0 aromatic heterocycles. The van der Waals surface area contributed by atoms with Crippen molar-refractivity contribution in [1.82, 2.24) is 4.90 Å². The van der Waals surface area contributed by atoms with E-state index >= 15 is 0 Å². The maximum atomic E-state index is 11.9. The predicted octanol–water partition coefficient (Wildman–Crippen LogP) is 2.23. The number of hydrogen-bond acceptors (Lipinski definition) is 3. The Bertz CT molecular complexity index is 475. The van der Waals surface area contributed by atoms with E-state index in [2.05, 4.69) is 23.3 Å². The van der Waals surface area contributed by atoms with Gasteiger partial charge >= 0.3 is 0 Å². The Balaban J connectivity index is 1.85. The normalized spacial score (nSPS) is 19.7. The van der Waals surface area contributed by atoms with Gasteiger partial charge in [-0.2, -0.15) is 5.26 Å². The number of piperidine rings is 1. The number of hydrogen-bond donors (Lipinski definition) is 1. The number of nitrogens with zero attached hydrogens (tertiary/aromatic N) is 2. The molecule has 1 fully saturated rings. The van der Waals surface area contributed by atoms with E-state index in [1.165, 1.54) is 6.42 Å². The van der Waals surface area contributed by atoms with Gasteiger partial charge in [-0.3, -0.25) is 4.79 Å². The number of anilines is 1. The molecule has 1 atom stereocenters. The van der Waals surface area contributed by atoms with Crippen molar-refractivity contribution in [3.8, 4) is 6.07 Å². The summed E-state index contributed by atoms with van der Waals surface area (Å²) >= 11 is 0. The van der Waals surface area contributed by atoms with Gasteiger partial charge < -0.3 is 10.2 Å². The molecule has 0 spiro atoms. The van der Waals surface area contributed by atoms with Crippen LogP contribution in [0.4, 0.5) is 5.69 Å². The average molecular weight is 257 g/mol. The van der Waals surface area contributed by atoms with Gasteiger partial charge in [-0.05, 0) is 56.6 Å². The lowest BCUT2D eigenvalue weighted by molar-refractivity contribution is -0.117. The average Bonchev–Trinajstić information content (AvgIpc) is 2.39. The first kappa shape index (κ1) is 13.6. The SMILES string of the molecule is CN1CCCC(CC(=O)Nc2ccc(C#N)cc2)C1. The molecule has 1 aromatic rings. The molecule has 1 saturated heterocycles. The van der Waals surface area contributed by atoms with E-state index in [1.54, 1.807) is 24.3 Å². The Kier molecular flexibility index (Phi) is 4.53. The lowest BCUT2D eigenvalue weighted by Gasteiger charge is -2.29. The molecular weight excluding hydrogens is 238 g/mol. The van der Waals surface area contributed by atoms with Crippen LogP contribution < -0.4 is 5.32 Å². The lowest BCUT2D eigenvalue weighted by Crippen LogP contribution is -2.34. The maximum Gasteiger partial charge on any atom is 0.224 e. The number of nitrogens with one attached hydrogen (secondary N) is 1. The topological polar surface area (TPSA) is 56.1 Å². The summed E-state index contributed by atoms with van der Waals surface area (Å²) in [5.74, 6) is 0.516. The molecule has 1 aromatic carbocycles. The number of carbonyl (C=O) groups excluding carboxylic acids is 1. The van der Waals surface area contributed by atoms with Gasteiger partial charge in [0.1, 0.15) is 0 Å². The van der Waals surface area contributed by atoms with Crippen molar-refractivity contribution in [1.29, 1.82) is 5.26 Å². The van der Waals surface area contributed by atoms with Crippen molar-refractivity contribution in [2.45, 2.75) is 19.3 Å². The quantitative estimate of drug-likeness (QED) is 0.903. The van der Waals surface area contributed by atoms with Crippen molar-refractivity contribution in [2.75, 3.05) is 25.5 Å². The molecule has 0 radical (unpaired) electrons. The Hall–Kier alpha value is -1.86. The second-order valence-corrected chi connectivity index (χ2v) is 5.21. The molecule has 2 rings (SSSR count). The van der Waals surface area contributed by atoms with Crippen molar-refractivity contribution in [3.63, 3.8) is 0 Å². The van der Waals surface area contributed by atoms with Crippen LogP contribution in [0.1, 0.15) is 24.8 Å². The fourth-order valence-electron chi connectivity index (χ4n) is 2.54. The number of carbonyl (C=O) groups is 1. The molecule has 1 aliphatic heterocycles. The number of likely N-dealkylation sites (tertiary alicyclic amines) is 1. The molecule has 1 heterocycles. The summed E-state index contributed by atoms with van der Waals surface area (Å²) in [6, 6.07) is 9.02. The van der Waals surface area contributed by atoms with Crippen molar-refractivity contribution in [2.24, 2.45) is 5.92 Å². The highest BCUT2D eigenvalue weighted by atomic mass is 16.1. The van der Waals surface area contributed by atoms with E-state index in [4.69, 9.17) is 5.26 Å². The Morgan fingerprint density at radius 1 is 1.47 bits per heavy atom. The zero-order valence-corrected chi connectivity index (χ0v) is 11.2. The van der Waals surface area contributed by atoms with Gasteiger partial charge in [0.25, 0.3) is 0 Å². The fourth-order valence-corrected chi connectivity index (χ4v) is 2.54. The van der Waals surface area contributed by atoms with E-state index in [1.807, 2.05) is 0 Å². The van der Waals surface area contributed by atoms with E-state index in [9.17, 15) is 4.79 Å². The smallest absolute Gasteiger partial charge is 0.224 e. The molecule has 0 bridgehead atoms. The third-order valence-corrected chi connectivity index (χ3v) is 3.49. The van der Waals surface area contributed by atoms with Gasteiger partial charge in [-0.25, -0.2) is 0 Å². The second kappa shape index (κ2) is 6.35. The molecule has 4 nitrogen and oxygen atoms in total. The summed E-state index contributed by atoms with van der Waals surface area (Å²) in [5, 5.41) is 11.6. The first-order valence-electron chi connectivity index (χ1n) is 6.66. The number of benzene rings is 1. The number of rotatable bonds is 3. The Morgan fingerprint density at radius 2 is 2.21 bits per heavy atom. The van der Waals surface area contributed by atoms with E-state index in [0.717, 1.165) is 25.2 Å². The Morgan fingerprint density at radius 3 is 2.84 bits per heavy atom. The van der Waals surface area contributed by atoms with Crippen LogP contribution in [0.15, 0.2) is 24.3 Å². The standard InChI is InChI=1S/C15H19N3O/c1-18-8-2-3-13(11-18)9-15(19)17-14-6-4-12(10-16)5-7-14/h4-7,13H,2-3,8-9,11H2,1H3,(H,17,19). The van der Waals surface area contributed by atoms with Crippen molar-refractivity contribution >= 4 is 11.6 Å². The minimum absolute atomic E-state index is 0.0602. The monoisotopic (exact) mass is 257 g/mol. The number of amides is 1. The van der Waals surface area contributed by atoms with Crippen molar-refractivity contribution < 1.29 is 4.79 Å². The molecule has 1 amide bonds. The predicted molar refractivity (Wildman–Crippen MR) is 74.6 cm³/mol. The molecule has 19 heavy (non-hydrogen) atoms.